The van der Waals surface area contributed by atoms with Crippen LogP contribution in [0, 0.1) is 0 Å². The van der Waals surface area contributed by atoms with Gasteiger partial charge in [0.05, 0.1) is 0 Å². The molecular formula is C10H11ClF3N5. The maximum Gasteiger partial charge on any atom is 0.433 e. The van der Waals surface area contributed by atoms with Gasteiger partial charge in [-0.25, -0.2) is 9.97 Å². The monoisotopic (exact) mass is 293 g/mol. The summed E-state index contributed by atoms with van der Waals surface area (Å²) in [6.07, 6.45) is 2.53. The molecule has 104 valence electrons. The Hall–Kier alpha value is -1.54. The topological polar surface area (TPSA) is 53.1 Å². The predicted octanol–water partition coefficient (Wildman–Crippen LogP) is 2.22. The molecule has 1 aliphatic carbocycles. The molecule has 0 spiro atoms. The average Bonchev–Trinajstić information content (AvgIpc) is 3.12. The second-order valence-corrected chi connectivity index (χ2v) is 4.30. The molecule has 19 heavy (non-hydrogen) atoms. The number of hydrazine groups is 2. The van der Waals surface area contributed by atoms with E-state index in [4.69, 9.17) is 11.8 Å². The minimum Gasteiger partial charge on any atom is -0.292 e. The van der Waals surface area contributed by atoms with Crippen molar-refractivity contribution < 1.29 is 13.2 Å². The summed E-state index contributed by atoms with van der Waals surface area (Å²) in [4.78, 5) is 8.26. The van der Waals surface area contributed by atoms with E-state index in [1.807, 2.05) is 11.5 Å². The first kappa shape index (κ1) is 13.9. The van der Waals surface area contributed by atoms with Crippen molar-refractivity contribution >= 4 is 11.8 Å². The number of rotatable bonds is 1. The second-order valence-electron chi connectivity index (χ2n) is 3.96. The first-order chi connectivity index (χ1) is 8.97. The van der Waals surface area contributed by atoms with Crippen LogP contribution in [0.2, 0.25) is 0 Å². The Labute approximate surface area is 112 Å². The number of allylic oxidation sites excluding steroid dienone is 1. The molecule has 2 aliphatic rings. The van der Waals surface area contributed by atoms with E-state index in [0.29, 0.717) is 10.6 Å². The van der Waals surface area contributed by atoms with Crippen LogP contribution in [0.25, 0.3) is 0 Å². The Balaban J connectivity index is 0.000000141. The summed E-state index contributed by atoms with van der Waals surface area (Å²) < 4.78 is 35.6. The molecule has 0 bridgehead atoms. The Bertz CT molecular complexity index is 446. The van der Waals surface area contributed by atoms with Gasteiger partial charge in [-0.2, -0.15) is 13.2 Å². The zero-order valence-electron chi connectivity index (χ0n) is 9.65. The fourth-order valence-corrected chi connectivity index (χ4v) is 1.44. The smallest absolute Gasteiger partial charge is 0.292 e. The van der Waals surface area contributed by atoms with Crippen molar-refractivity contribution in [1.29, 1.82) is 0 Å². The zero-order valence-corrected chi connectivity index (χ0v) is 10.4. The van der Waals surface area contributed by atoms with Crippen LogP contribution >= 0.6 is 11.8 Å². The van der Waals surface area contributed by atoms with Crippen LogP contribution in [0.15, 0.2) is 30.4 Å². The van der Waals surface area contributed by atoms with Crippen LogP contribution < -0.4 is 10.9 Å². The van der Waals surface area contributed by atoms with E-state index in [9.17, 15) is 13.2 Å². The molecule has 2 heterocycles. The van der Waals surface area contributed by atoms with Crippen LogP contribution in [0.1, 0.15) is 24.6 Å². The van der Waals surface area contributed by atoms with E-state index in [-0.39, 0.29) is 0 Å². The summed E-state index contributed by atoms with van der Waals surface area (Å²) in [6, 6.07) is 1.85. The minimum atomic E-state index is -4.38. The summed E-state index contributed by atoms with van der Waals surface area (Å²) in [6.45, 7) is 0. The van der Waals surface area contributed by atoms with Gasteiger partial charge in [-0.1, -0.05) is 0 Å². The number of nitrogens with zero attached hydrogens (tertiary/aromatic N) is 3. The van der Waals surface area contributed by atoms with E-state index < -0.39 is 11.9 Å². The highest BCUT2D eigenvalue weighted by molar-refractivity contribution is 6.12. The molecule has 0 unspecified atom stereocenters. The Kier molecular flexibility index (Phi) is 4.11. The van der Waals surface area contributed by atoms with Crippen molar-refractivity contribution in [2.24, 2.45) is 0 Å². The lowest BCUT2D eigenvalue weighted by atomic mass is 10.4. The Morgan fingerprint density at radius 3 is 2.26 bits per heavy atom. The number of alkyl halides is 3. The summed E-state index contributed by atoms with van der Waals surface area (Å²) in [5, 5.41) is 0. The average molecular weight is 294 g/mol. The van der Waals surface area contributed by atoms with Gasteiger partial charge in [0.2, 0.25) is 0 Å². The van der Waals surface area contributed by atoms with E-state index in [0.717, 1.165) is 12.0 Å². The predicted molar refractivity (Wildman–Crippen MR) is 62.1 cm³/mol. The standard InChI is InChI=1S/C7H8N2.C3H3ClF3N3/c1-4-8-7(9-5-1)6-2-3-6;4-10-8-1-2(9-10)3(5,6)7/h1,4-6H,2-3H2;1,8-9H. The van der Waals surface area contributed by atoms with Gasteiger partial charge in [0.25, 0.3) is 0 Å². The van der Waals surface area contributed by atoms with Crippen molar-refractivity contribution in [2.75, 3.05) is 0 Å². The number of nitrogens with one attached hydrogen (secondary N) is 2. The van der Waals surface area contributed by atoms with Crippen LogP contribution in [0.4, 0.5) is 13.2 Å². The fraction of sp³-hybridized carbons (Fsp3) is 0.400. The number of halogens is 4. The molecule has 0 aromatic carbocycles. The molecule has 1 aromatic rings. The molecule has 1 saturated carbocycles. The molecule has 0 saturated heterocycles. The van der Waals surface area contributed by atoms with E-state index in [2.05, 4.69) is 15.4 Å². The lowest BCUT2D eigenvalue weighted by Gasteiger charge is -2.09. The highest BCUT2D eigenvalue weighted by atomic mass is 35.5. The summed E-state index contributed by atoms with van der Waals surface area (Å²) in [5.41, 5.74) is 2.98. The van der Waals surface area contributed by atoms with Gasteiger partial charge in [-0.05, 0) is 23.5 Å². The maximum atomic E-state index is 11.7. The molecule has 0 radical (unpaired) electrons. The normalized spacial score (nSPS) is 18.8. The number of hydrogen-bond acceptors (Lipinski definition) is 5. The molecule has 3 rings (SSSR count). The van der Waals surface area contributed by atoms with Crippen molar-refractivity contribution in [3.8, 4) is 0 Å². The molecule has 0 atom stereocenters. The SMILES string of the molecule is FC(F)(F)C1=CNN(Cl)N1.c1cnc(C2CC2)nc1. The molecule has 1 aliphatic heterocycles. The van der Waals surface area contributed by atoms with Gasteiger partial charge in [-0.15, -0.1) is 0 Å². The lowest BCUT2D eigenvalue weighted by molar-refractivity contribution is -0.0984. The largest absolute Gasteiger partial charge is 0.433 e. The Morgan fingerprint density at radius 1 is 1.26 bits per heavy atom. The van der Waals surface area contributed by atoms with Crippen molar-refractivity contribution in [2.45, 2.75) is 24.9 Å². The summed E-state index contributed by atoms with van der Waals surface area (Å²) in [7, 11) is 0. The molecule has 2 N–H and O–H groups in total. The third kappa shape index (κ3) is 4.25. The van der Waals surface area contributed by atoms with E-state index >= 15 is 0 Å². The summed E-state index contributed by atoms with van der Waals surface area (Å²) >= 11 is 5.07. The summed E-state index contributed by atoms with van der Waals surface area (Å²) in [5.74, 6) is 1.71. The van der Waals surface area contributed by atoms with Gasteiger partial charge in [-0.3, -0.25) is 10.9 Å². The molecular weight excluding hydrogens is 283 g/mol. The first-order valence-electron chi connectivity index (χ1n) is 5.50. The lowest BCUT2D eigenvalue weighted by Crippen LogP contribution is -2.33. The first-order valence-corrected chi connectivity index (χ1v) is 5.83. The van der Waals surface area contributed by atoms with E-state index in [1.165, 1.54) is 12.8 Å². The number of aromatic nitrogens is 2. The minimum absolute atomic E-state index is 0.586. The third-order valence-corrected chi connectivity index (χ3v) is 2.56. The highest BCUT2D eigenvalue weighted by Crippen LogP contribution is 2.37. The quantitative estimate of drug-likeness (QED) is 0.778. The molecule has 1 fully saturated rings. The molecule has 5 nitrogen and oxygen atoms in total. The highest BCUT2D eigenvalue weighted by Gasteiger charge is 2.37. The second kappa shape index (κ2) is 5.62. The van der Waals surface area contributed by atoms with Gasteiger partial charge in [0.15, 0.2) is 5.70 Å². The fourth-order valence-electron chi connectivity index (χ4n) is 1.30. The van der Waals surface area contributed by atoms with Gasteiger partial charge in [0, 0.05) is 36.3 Å². The van der Waals surface area contributed by atoms with Crippen molar-refractivity contribution in [3.05, 3.63) is 36.2 Å². The maximum absolute atomic E-state index is 11.7. The van der Waals surface area contributed by atoms with Crippen LogP contribution in [0.3, 0.4) is 0 Å². The van der Waals surface area contributed by atoms with Crippen LogP contribution in [-0.4, -0.2) is 20.8 Å². The van der Waals surface area contributed by atoms with Gasteiger partial charge >= 0.3 is 6.18 Å². The van der Waals surface area contributed by atoms with Gasteiger partial charge < -0.3 is 0 Å². The molecule has 9 heteroatoms. The number of hydrogen-bond donors (Lipinski definition) is 2. The van der Waals surface area contributed by atoms with Crippen LogP contribution in [-0.2, 0) is 0 Å². The third-order valence-electron chi connectivity index (χ3n) is 2.37. The van der Waals surface area contributed by atoms with Crippen LogP contribution in [0.5, 0.6) is 0 Å². The van der Waals surface area contributed by atoms with Crippen molar-refractivity contribution in [3.63, 3.8) is 0 Å². The van der Waals surface area contributed by atoms with E-state index in [1.54, 1.807) is 12.4 Å². The Morgan fingerprint density at radius 2 is 1.89 bits per heavy atom. The van der Waals surface area contributed by atoms with Crippen molar-refractivity contribution in [1.82, 2.24) is 25.5 Å². The van der Waals surface area contributed by atoms with Gasteiger partial charge in [0.1, 0.15) is 5.82 Å². The molecule has 1 aromatic heterocycles. The zero-order chi connectivity index (χ0) is 13.9. The molecule has 0 amide bonds.